The molecule has 1 aliphatic carbocycles. The van der Waals surface area contributed by atoms with Crippen LogP contribution in [0.25, 0.3) is 0 Å². The van der Waals surface area contributed by atoms with Crippen molar-refractivity contribution in [3.8, 4) is 0 Å². The van der Waals surface area contributed by atoms with Crippen LogP contribution in [0.5, 0.6) is 0 Å². The maximum absolute atomic E-state index is 3.57. The fourth-order valence-electron chi connectivity index (χ4n) is 3.58. The number of piperidine rings is 1. The van der Waals surface area contributed by atoms with Crippen molar-refractivity contribution in [2.75, 3.05) is 13.1 Å². The van der Waals surface area contributed by atoms with E-state index in [0.29, 0.717) is 5.41 Å². The zero-order valence-corrected chi connectivity index (χ0v) is 10.5. The Labute approximate surface area is 99.4 Å². The van der Waals surface area contributed by atoms with Gasteiger partial charge in [0.25, 0.3) is 0 Å². The van der Waals surface area contributed by atoms with Crippen molar-refractivity contribution >= 4 is 15.9 Å². The second-order valence-electron chi connectivity index (χ2n) is 4.80. The van der Waals surface area contributed by atoms with E-state index in [0.717, 1.165) is 11.8 Å². The van der Waals surface area contributed by atoms with Gasteiger partial charge in [-0.1, -0.05) is 41.4 Å². The predicted octanol–water partition coefficient (Wildman–Crippen LogP) is 2.95. The van der Waals surface area contributed by atoms with Crippen LogP contribution in [0.3, 0.4) is 0 Å². The monoisotopic (exact) mass is 265 g/mol. The molecule has 3 atom stereocenters. The van der Waals surface area contributed by atoms with Gasteiger partial charge in [0.1, 0.15) is 0 Å². The molecule has 0 bridgehead atoms. The van der Waals surface area contributed by atoms with E-state index in [4.69, 9.17) is 0 Å². The van der Waals surface area contributed by atoms with Gasteiger partial charge in [0.2, 0.25) is 0 Å². The van der Waals surface area contributed by atoms with Gasteiger partial charge in [-0.15, -0.1) is 0 Å². The number of fused-ring (bicyclic) bond motifs is 1. The highest BCUT2D eigenvalue weighted by Gasteiger charge is 2.66. The molecule has 2 fully saturated rings. The standard InChI is InChI=1S/C13H16BrN/c1-2-11-12-7-15-8-13(11,12)9-4-3-5-10(14)6-9/h3-6,11-12,15H,2,7-8H2,1H3. The van der Waals surface area contributed by atoms with Crippen molar-refractivity contribution in [1.29, 1.82) is 0 Å². The van der Waals surface area contributed by atoms with Gasteiger partial charge in [0.05, 0.1) is 0 Å². The number of benzene rings is 1. The molecule has 2 aliphatic rings. The minimum atomic E-state index is 0.471. The summed E-state index contributed by atoms with van der Waals surface area (Å²) in [5, 5.41) is 3.53. The largest absolute Gasteiger partial charge is 0.316 e. The van der Waals surface area contributed by atoms with Crippen molar-refractivity contribution in [2.45, 2.75) is 18.8 Å². The molecule has 3 unspecified atom stereocenters. The summed E-state index contributed by atoms with van der Waals surface area (Å²) in [4.78, 5) is 0. The van der Waals surface area contributed by atoms with Gasteiger partial charge >= 0.3 is 0 Å². The average Bonchev–Trinajstić information content (AvgIpc) is 2.65. The highest BCUT2D eigenvalue weighted by molar-refractivity contribution is 9.10. The normalized spacial score (nSPS) is 37.7. The van der Waals surface area contributed by atoms with E-state index in [1.165, 1.54) is 29.5 Å². The van der Waals surface area contributed by atoms with E-state index in [1.807, 2.05) is 0 Å². The van der Waals surface area contributed by atoms with Crippen molar-refractivity contribution in [1.82, 2.24) is 5.32 Å². The quantitative estimate of drug-likeness (QED) is 0.867. The predicted molar refractivity (Wildman–Crippen MR) is 66.0 cm³/mol. The van der Waals surface area contributed by atoms with Gasteiger partial charge in [-0.2, -0.15) is 0 Å². The molecule has 1 heterocycles. The van der Waals surface area contributed by atoms with Gasteiger partial charge in [0, 0.05) is 16.4 Å². The van der Waals surface area contributed by atoms with Crippen LogP contribution >= 0.6 is 15.9 Å². The average molecular weight is 266 g/mol. The summed E-state index contributed by atoms with van der Waals surface area (Å²) in [7, 11) is 0. The second kappa shape index (κ2) is 3.33. The Kier molecular flexibility index (Phi) is 2.18. The highest BCUT2D eigenvalue weighted by Crippen LogP contribution is 2.63. The minimum absolute atomic E-state index is 0.471. The lowest BCUT2D eigenvalue weighted by molar-refractivity contribution is 0.546. The summed E-state index contributed by atoms with van der Waals surface area (Å²) in [5.41, 5.74) is 2.00. The molecule has 0 spiro atoms. The number of halogens is 1. The maximum atomic E-state index is 3.57. The first-order chi connectivity index (χ1) is 7.29. The van der Waals surface area contributed by atoms with E-state index in [9.17, 15) is 0 Å². The van der Waals surface area contributed by atoms with E-state index in [-0.39, 0.29) is 0 Å². The Balaban J connectivity index is 2.00. The minimum Gasteiger partial charge on any atom is -0.316 e. The fourth-order valence-corrected chi connectivity index (χ4v) is 3.98. The van der Waals surface area contributed by atoms with E-state index < -0.39 is 0 Å². The number of hydrogen-bond acceptors (Lipinski definition) is 1. The lowest BCUT2D eigenvalue weighted by Crippen LogP contribution is -2.23. The van der Waals surface area contributed by atoms with Gasteiger partial charge < -0.3 is 5.32 Å². The molecule has 1 aromatic rings. The molecular formula is C13H16BrN. The number of nitrogens with one attached hydrogen (secondary N) is 1. The van der Waals surface area contributed by atoms with Crippen LogP contribution in [-0.2, 0) is 5.41 Å². The lowest BCUT2D eigenvalue weighted by atomic mass is 9.92. The topological polar surface area (TPSA) is 12.0 Å². The third-order valence-corrected chi connectivity index (χ3v) is 4.78. The summed E-state index contributed by atoms with van der Waals surface area (Å²) in [6.07, 6.45) is 1.32. The van der Waals surface area contributed by atoms with Crippen molar-refractivity contribution in [3.05, 3.63) is 34.3 Å². The highest BCUT2D eigenvalue weighted by atomic mass is 79.9. The van der Waals surface area contributed by atoms with Crippen LogP contribution in [-0.4, -0.2) is 13.1 Å². The van der Waals surface area contributed by atoms with Crippen LogP contribution in [0.2, 0.25) is 0 Å². The third-order valence-electron chi connectivity index (χ3n) is 4.28. The zero-order valence-electron chi connectivity index (χ0n) is 8.96. The molecule has 15 heavy (non-hydrogen) atoms. The van der Waals surface area contributed by atoms with Gasteiger partial charge in [-0.3, -0.25) is 0 Å². The van der Waals surface area contributed by atoms with Crippen molar-refractivity contribution in [3.63, 3.8) is 0 Å². The molecule has 1 N–H and O–H groups in total. The zero-order chi connectivity index (χ0) is 10.5. The van der Waals surface area contributed by atoms with Crippen molar-refractivity contribution < 1.29 is 0 Å². The Morgan fingerprint density at radius 3 is 3.07 bits per heavy atom. The Morgan fingerprint density at radius 2 is 2.40 bits per heavy atom. The van der Waals surface area contributed by atoms with Crippen LogP contribution in [0.4, 0.5) is 0 Å². The smallest absolute Gasteiger partial charge is 0.0178 e. The first-order valence-electron chi connectivity index (χ1n) is 5.76. The van der Waals surface area contributed by atoms with Crippen molar-refractivity contribution in [2.24, 2.45) is 11.8 Å². The first kappa shape index (κ1) is 9.86. The Bertz CT molecular complexity index is 384. The third kappa shape index (κ3) is 1.24. The van der Waals surface area contributed by atoms with E-state index >= 15 is 0 Å². The van der Waals surface area contributed by atoms with Gasteiger partial charge in [-0.25, -0.2) is 0 Å². The van der Waals surface area contributed by atoms with Crippen LogP contribution in [0.15, 0.2) is 28.7 Å². The van der Waals surface area contributed by atoms with Crippen LogP contribution in [0, 0.1) is 11.8 Å². The summed E-state index contributed by atoms with van der Waals surface area (Å²) < 4.78 is 1.21. The summed E-state index contributed by atoms with van der Waals surface area (Å²) in [6.45, 7) is 4.71. The fraction of sp³-hybridized carbons (Fsp3) is 0.538. The van der Waals surface area contributed by atoms with Crippen LogP contribution < -0.4 is 5.32 Å². The van der Waals surface area contributed by atoms with E-state index in [2.05, 4.69) is 52.4 Å². The van der Waals surface area contributed by atoms with Gasteiger partial charge in [0.15, 0.2) is 0 Å². The maximum Gasteiger partial charge on any atom is 0.0178 e. The molecule has 0 aromatic heterocycles. The second-order valence-corrected chi connectivity index (χ2v) is 5.72. The number of hydrogen-bond donors (Lipinski definition) is 1. The Morgan fingerprint density at radius 1 is 1.53 bits per heavy atom. The first-order valence-corrected chi connectivity index (χ1v) is 6.55. The SMILES string of the molecule is CCC1C2CNCC12c1cccc(Br)c1. The lowest BCUT2D eigenvalue weighted by Gasteiger charge is -2.15. The molecule has 1 nitrogen and oxygen atoms in total. The molecule has 1 saturated heterocycles. The molecule has 0 radical (unpaired) electrons. The summed E-state index contributed by atoms with van der Waals surface area (Å²) in [5.74, 6) is 1.80. The number of rotatable bonds is 2. The molecule has 0 amide bonds. The van der Waals surface area contributed by atoms with Crippen LogP contribution in [0.1, 0.15) is 18.9 Å². The molecule has 2 heteroatoms. The van der Waals surface area contributed by atoms with E-state index in [1.54, 1.807) is 0 Å². The van der Waals surface area contributed by atoms with Gasteiger partial charge in [-0.05, 0) is 36.1 Å². The summed E-state index contributed by atoms with van der Waals surface area (Å²) in [6, 6.07) is 8.87. The molecule has 1 aliphatic heterocycles. The molecular weight excluding hydrogens is 250 g/mol. The molecule has 3 rings (SSSR count). The Hall–Kier alpha value is -0.340. The molecule has 1 aromatic carbocycles. The summed E-state index contributed by atoms with van der Waals surface area (Å²) >= 11 is 3.57. The molecule has 80 valence electrons. The molecule has 1 saturated carbocycles.